The molecular formula is C13H7Cl3N2O3. The SMILES string of the molecule is O=C(Nc1c(Cl)cccc1C(=O)O)c1ccc(Cl)nc1Cl. The van der Waals surface area contributed by atoms with E-state index in [1.54, 1.807) is 0 Å². The van der Waals surface area contributed by atoms with E-state index in [4.69, 9.17) is 39.9 Å². The van der Waals surface area contributed by atoms with Gasteiger partial charge in [-0.1, -0.05) is 40.9 Å². The van der Waals surface area contributed by atoms with Gasteiger partial charge < -0.3 is 10.4 Å². The molecule has 0 unspecified atom stereocenters. The van der Waals surface area contributed by atoms with Crippen LogP contribution in [-0.4, -0.2) is 22.0 Å². The number of benzene rings is 1. The molecule has 0 aliphatic rings. The van der Waals surface area contributed by atoms with E-state index >= 15 is 0 Å². The summed E-state index contributed by atoms with van der Waals surface area (Å²) >= 11 is 17.4. The fourth-order valence-corrected chi connectivity index (χ4v) is 2.24. The van der Waals surface area contributed by atoms with Crippen molar-refractivity contribution in [2.45, 2.75) is 0 Å². The predicted octanol–water partition coefficient (Wildman–Crippen LogP) is 3.99. The number of carbonyl (C=O) groups is 2. The van der Waals surface area contributed by atoms with E-state index in [1.165, 1.54) is 30.3 Å². The van der Waals surface area contributed by atoms with E-state index in [9.17, 15) is 9.59 Å². The van der Waals surface area contributed by atoms with Crippen molar-refractivity contribution in [3.05, 3.63) is 56.8 Å². The van der Waals surface area contributed by atoms with Crippen LogP contribution >= 0.6 is 34.8 Å². The summed E-state index contributed by atoms with van der Waals surface area (Å²) in [5, 5.41) is 11.7. The highest BCUT2D eigenvalue weighted by molar-refractivity contribution is 6.36. The molecule has 0 aliphatic carbocycles. The van der Waals surface area contributed by atoms with Crippen molar-refractivity contribution < 1.29 is 14.7 Å². The molecule has 108 valence electrons. The van der Waals surface area contributed by atoms with Crippen LogP contribution in [0.15, 0.2) is 30.3 Å². The number of anilines is 1. The van der Waals surface area contributed by atoms with Gasteiger partial charge in [0.05, 0.1) is 21.8 Å². The van der Waals surface area contributed by atoms with Gasteiger partial charge in [-0.2, -0.15) is 0 Å². The van der Waals surface area contributed by atoms with Crippen LogP contribution in [0.1, 0.15) is 20.7 Å². The summed E-state index contributed by atoms with van der Waals surface area (Å²) in [5.74, 6) is -1.85. The molecule has 0 atom stereocenters. The van der Waals surface area contributed by atoms with Gasteiger partial charge in [0.1, 0.15) is 10.3 Å². The summed E-state index contributed by atoms with van der Waals surface area (Å²) in [6.45, 7) is 0. The molecule has 0 radical (unpaired) electrons. The lowest BCUT2D eigenvalue weighted by molar-refractivity contribution is 0.0698. The monoisotopic (exact) mass is 344 g/mol. The molecule has 0 aliphatic heterocycles. The van der Waals surface area contributed by atoms with E-state index in [2.05, 4.69) is 10.3 Å². The molecule has 1 amide bonds. The second-order valence-electron chi connectivity index (χ2n) is 3.89. The number of pyridine rings is 1. The van der Waals surface area contributed by atoms with Crippen molar-refractivity contribution in [3.8, 4) is 0 Å². The Morgan fingerprint density at radius 1 is 1.05 bits per heavy atom. The number of rotatable bonds is 3. The smallest absolute Gasteiger partial charge is 0.337 e. The van der Waals surface area contributed by atoms with Gasteiger partial charge in [0.15, 0.2) is 0 Å². The third kappa shape index (κ3) is 3.44. The lowest BCUT2D eigenvalue weighted by Crippen LogP contribution is -2.16. The molecule has 0 saturated carbocycles. The van der Waals surface area contributed by atoms with E-state index < -0.39 is 11.9 Å². The number of halogens is 3. The number of aromatic nitrogens is 1. The highest BCUT2D eigenvalue weighted by Gasteiger charge is 2.18. The second kappa shape index (κ2) is 6.30. The highest BCUT2D eigenvalue weighted by Crippen LogP contribution is 2.27. The summed E-state index contributed by atoms with van der Waals surface area (Å²) in [5.41, 5.74) is -0.0890. The molecule has 1 heterocycles. The Bertz CT molecular complexity index is 735. The van der Waals surface area contributed by atoms with Crippen molar-refractivity contribution in [3.63, 3.8) is 0 Å². The Hall–Kier alpha value is -1.82. The summed E-state index contributed by atoms with van der Waals surface area (Å²) in [6.07, 6.45) is 0. The lowest BCUT2D eigenvalue weighted by atomic mass is 10.1. The number of para-hydroxylation sites is 1. The topological polar surface area (TPSA) is 79.3 Å². The lowest BCUT2D eigenvalue weighted by Gasteiger charge is -2.11. The third-order valence-electron chi connectivity index (χ3n) is 2.54. The summed E-state index contributed by atoms with van der Waals surface area (Å²) < 4.78 is 0. The van der Waals surface area contributed by atoms with Gasteiger partial charge in [-0.15, -0.1) is 0 Å². The first kappa shape index (κ1) is 15.6. The van der Waals surface area contributed by atoms with E-state index in [1.807, 2.05) is 0 Å². The van der Waals surface area contributed by atoms with Crippen LogP contribution in [0, 0.1) is 0 Å². The Kier molecular flexibility index (Phi) is 4.67. The van der Waals surface area contributed by atoms with Gasteiger partial charge in [0.2, 0.25) is 0 Å². The number of carboxylic acid groups (broad SMARTS) is 1. The average molecular weight is 346 g/mol. The summed E-state index contributed by atoms with van der Waals surface area (Å²) in [6, 6.07) is 7.03. The standard InChI is InChI=1S/C13H7Cl3N2O3/c14-8-3-1-2-6(13(20)21)10(8)18-12(19)7-4-5-9(15)17-11(7)16/h1-5H,(H,18,19)(H,20,21). The quantitative estimate of drug-likeness (QED) is 0.824. The van der Waals surface area contributed by atoms with E-state index in [0.29, 0.717) is 0 Å². The van der Waals surface area contributed by atoms with Crippen LogP contribution < -0.4 is 5.32 Å². The first-order valence-electron chi connectivity index (χ1n) is 5.55. The Morgan fingerprint density at radius 3 is 2.38 bits per heavy atom. The number of nitrogens with one attached hydrogen (secondary N) is 1. The maximum atomic E-state index is 12.1. The largest absolute Gasteiger partial charge is 0.478 e. The molecule has 21 heavy (non-hydrogen) atoms. The zero-order chi connectivity index (χ0) is 15.6. The summed E-state index contributed by atoms with van der Waals surface area (Å²) in [4.78, 5) is 27.0. The highest BCUT2D eigenvalue weighted by atomic mass is 35.5. The third-order valence-corrected chi connectivity index (χ3v) is 3.36. The molecule has 0 fully saturated rings. The van der Waals surface area contributed by atoms with Crippen molar-refractivity contribution in [1.29, 1.82) is 0 Å². The number of aromatic carboxylic acids is 1. The average Bonchev–Trinajstić information content (AvgIpc) is 2.40. The van der Waals surface area contributed by atoms with Crippen LogP contribution in [0.25, 0.3) is 0 Å². The number of hydrogen-bond donors (Lipinski definition) is 2. The van der Waals surface area contributed by atoms with Crippen molar-refractivity contribution in [2.24, 2.45) is 0 Å². The normalized spacial score (nSPS) is 10.2. The molecule has 5 nitrogen and oxygen atoms in total. The van der Waals surface area contributed by atoms with Crippen LogP contribution in [0.2, 0.25) is 15.3 Å². The van der Waals surface area contributed by atoms with Crippen LogP contribution in [0.3, 0.4) is 0 Å². The minimum atomic E-state index is -1.21. The van der Waals surface area contributed by atoms with Crippen molar-refractivity contribution in [1.82, 2.24) is 4.98 Å². The van der Waals surface area contributed by atoms with Crippen molar-refractivity contribution in [2.75, 3.05) is 5.32 Å². The van der Waals surface area contributed by atoms with Gasteiger partial charge in [-0.25, -0.2) is 9.78 Å². The fraction of sp³-hybridized carbons (Fsp3) is 0. The zero-order valence-corrected chi connectivity index (χ0v) is 12.5. The Balaban J connectivity index is 2.38. The van der Waals surface area contributed by atoms with Crippen LogP contribution in [0.4, 0.5) is 5.69 Å². The predicted molar refractivity (Wildman–Crippen MR) is 80.6 cm³/mol. The molecule has 1 aromatic heterocycles. The number of carboxylic acids is 1. The molecule has 2 aromatic rings. The number of amides is 1. The Morgan fingerprint density at radius 2 is 1.76 bits per heavy atom. The molecule has 2 N–H and O–H groups in total. The molecule has 8 heteroatoms. The minimum Gasteiger partial charge on any atom is -0.478 e. The maximum absolute atomic E-state index is 12.1. The molecule has 0 saturated heterocycles. The first-order valence-corrected chi connectivity index (χ1v) is 6.68. The number of carbonyl (C=O) groups excluding carboxylic acids is 1. The maximum Gasteiger partial charge on any atom is 0.337 e. The Labute approximate surface area is 134 Å². The van der Waals surface area contributed by atoms with Gasteiger partial charge in [-0.3, -0.25) is 4.79 Å². The zero-order valence-electron chi connectivity index (χ0n) is 10.2. The number of hydrogen-bond acceptors (Lipinski definition) is 3. The first-order chi connectivity index (χ1) is 9.90. The molecule has 1 aromatic carbocycles. The van der Waals surface area contributed by atoms with Gasteiger partial charge in [0.25, 0.3) is 5.91 Å². The molecule has 0 bridgehead atoms. The molecular weight excluding hydrogens is 339 g/mol. The van der Waals surface area contributed by atoms with E-state index in [-0.39, 0.29) is 32.1 Å². The molecule has 0 spiro atoms. The van der Waals surface area contributed by atoms with Gasteiger partial charge in [0, 0.05) is 0 Å². The van der Waals surface area contributed by atoms with Gasteiger partial charge in [-0.05, 0) is 24.3 Å². The molecule has 2 rings (SSSR count). The number of nitrogens with zero attached hydrogens (tertiary/aromatic N) is 1. The van der Waals surface area contributed by atoms with E-state index in [0.717, 1.165) is 0 Å². The summed E-state index contributed by atoms with van der Waals surface area (Å²) in [7, 11) is 0. The second-order valence-corrected chi connectivity index (χ2v) is 5.05. The fourth-order valence-electron chi connectivity index (χ4n) is 1.59. The van der Waals surface area contributed by atoms with Gasteiger partial charge >= 0.3 is 5.97 Å². The van der Waals surface area contributed by atoms with Crippen LogP contribution in [-0.2, 0) is 0 Å². The van der Waals surface area contributed by atoms with Crippen molar-refractivity contribution >= 4 is 52.4 Å². The minimum absolute atomic E-state index is 0.0114. The van der Waals surface area contributed by atoms with Crippen LogP contribution in [0.5, 0.6) is 0 Å².